The van der Waals surface area contributed by atoms with Gasteiger partial charge in [0.25, 0.3) is 0 Å². The zero-order valence-electron chi connectivity index (χ0n) is 19.8. The summed E-state index contributed by atoms with van der Waals surface area (Å²) in [6.07, 6.45) is 1.04. The summed E-state index contributed by atoms with van der Waals surface area (Å²) in [4.78, 5) is 25.7. The van der Waals surface area contributed by atoms with E-state index in [4.69, 9.17) is 4.74 Å². The maximum atomic E-state index is 12.7. The van der Waals surface area contributed by atoms with E-state index in [1.165, 1.54) is 10.8 Å². The van der Waals surface area contributed by atoms with Crippen LogP contribution in [0.2, 0.25) is 0 Å². The standard InChI is InChI=1S/C30H29NO4/c1-22(32)31(18-17-23-11-13-25-7-5-6-8-27(25)19-23)29-20-24(12-14-26(29)15-16-30(33)34)21-35-28-9-3-2-4-10-28/h2-14,19-20H,15-18,21H2,1H3,(H,33,34). The molecule has 0 atom stereocenters. The largest absolute Gasteiger partial charge is 0.489 e. The molecule has 5 heteroatoms. The van der Waals surface area contributed by atoms with Crippen molar-refractivity contribution in [3.05, 3.63) is 108 Å². The quantitative estimate of drug-likeness (QED) is 0.309. The second-order valence-electron chi connectivity index (χ2n) is 8.56. The van der Waals surface area contributed by atoms with E-state index in [9.17, 15) is 14.7 Å². The van der Waals surface area contributed by atoms with Gasteiger partial charge in [0.05, 0.1) is 0 Å². The molecule has 5 nitrogen and oxygen atoms in total. The Hall–Kier alpha value is -4.12. The van der Waals surface area contributed by atoms with Gasteiger partial charge < -0.3 is 14.7 Å². The molecule has 0 saturated carbocycles. The number of rotatable bonds is 10. The molecule has 0 unspecified atom stereocenters. The summed E-state index contributed by atoms with van der Waals surface area (Å²) in [7, 11) is 0. The summed E-state index contributed by atoms with van der Waals surface area (Å²) in [5, 5.41) is 11.6. The molecule has 35 heavy (non-hydrogen) atoms. The fourth-order valence-electron chi connectivity index (χ4n) is 4.17. The highest BCUT2D eigenvalue weighted by Gasteiger charge is 2.17. The number of nitrogens with zero attached hydrogens (tertiary/aromatic N) is 1. The first kappa shape index (κ1) is 24.0. The van der Waals surface area contributed by atoms with E-state index in [1.54, 1.807) is 11.8 Å². The van der Waals surface area contributed by atoms with Crippen molar-refractivity contribution in [2.45, 2.75) is 32.8 Å². The molecule has 4 aromatic carbocycles. The number of anilines is 1. The number of para-hydroxylation sites is 1. The Kier molecular flexibility index (Phi) is 7.78. The number of ether oxygens (including phenoxy) is 1. The zero-order chi connectivity index (χ0) is 24.6. The Labute approximate surface area is 205 Å². The van der Waals surface area contributed by atoms with Gasteiger partial charge in [0.2, 0.25) is 5.91 Å². The highest BCUT2D eigenvalue weighted by molar-refractivity contribution is 5.92. The summed E-state index contributed by atoms with van der Waals surface area (Å²) in [5.41, 5.74) is 3.64. The molecular weight excluding hydrogens is 438 g/mol. The lowest BCUT2D eigenvalue weighted by Gasteiger charge is -2.25. The first-order valence-corrected chi connectivity index (χ1v) is 11.8. The van der Waals surface area contributed by atoms with Gasteiger partial charge in [-0.15, -0.1) is 0 Å². The molecule has 0 fully saturated rings. The molecule has 0 heterocycles. The third-order valence-corrected chi connectivity index (χ3v) is 6.02. The number of carboxylic acids is 1. The van der Waals surface area contributed by atoms with Crippen molar-refractivity contribution in [2.24, 2.45) is 0 Å². The lowest BCUT2D eigenvalue weighted by Crippen LogP contribution is -2.31. The van der Waals surface area contributed by atoms with Crippen LogP contribution in [-0.4, -0.2) is 23.5 Å². The highest BCUT2D eigenvalue weighted by atomic mass is 16.5. The third kappa shape index (κ3) is 6.48. The Morgan fingerprint density at radius 2 is 1.51 bits per heavy atom. The number of fused-ring (bicyclic) bond motifs is 1. The molecule has 178 valence electrons. The predicted molar refractivity (Wildman–Crippen MR) is 139 cm³/mol. The first-order chi connectivity index (χ1) is 17.0. The lowest BCUT2D eigenvalue weighted by atomic mass is 10.0. The van der Waals surface area contributed by atoms with Crippen molar-refractivity contribution >= 4 is 28.3 Å². The first-order valence-electron chi connectivity index (χ1n) is 11.8. The van der Waals surface area contributed by atoms with Crippen LogP contribution < -0.4 is 9.64 Å². The second kappa shape index (κ2) is 11.3. The SMILES string of the molecule is CC(=O)N(CCc1ccc2ccccc2c1)c1cc(COc2ccccc2)ccc1CCC(=O)O. The zero-order valence-corrected chi connectivity index (χ0v) is 19.8. The van der Waals surface area contributed by atoms with Crippen LogP contribution in [0.1, 0.15) is 30.0 Å². The van der Waals surface area contributed by atoms with E-state index >= 15 is 0 Å². The van der Waals surface area contributed by atoms with Gasteiger partial charge in [-0.2, -0.15) is 0 Å². The molecule has 1 N–H and O–H groups in total. The Bertz CT molecular complexity index is 1320. The van der Waals surface area contributed by atoms with Crippen molar-refractivity contribution in [3.8, 4) is 5.75 Å². The van der Waals surface area contributed by atoms with Crippen LogP contribution in [0.15, 0.2) is 91.0 Å². The van der Waals surface area contributed by atoms with Gasteiger partial charge >= 0.3 is 5.97 Å². The maximum absolute atomic E-state index is 12.7. The molecular formula is C30H29NO4. The molecule has 0 saturated heterocycles. The van der Waals surface area contributed by atoms with E-state index in [0.717, 1.165) is 28.1 Å². The minimum absolute atomic E-state index is 0.00326. The third-order valence-electron chi connectivity index (χ3n) is 6.02. The number of aryl methyl sites for hydroxylation is 1. The fourth-order valence-corrected chi connectivity index (χ4v) is 4.17. The number of carbonyl (C=O) groups excluding carboxylic acids is 1. The monoisotopic (exact) mass is 467 g/mol. The normalized spacial score (nSPS) is 10.8. The van der Waals surface area contributed by atoms with E-state index < -0.39 is 5.97 Å². The molecule has 0 bridgehead atoms. The molecule has 0 aromatic heterocycles. The summed E-state index contributed by atoms with van der Waals surface area (Å²) >= 11 is 0. The van der Waals surface area contributed by atoms with Gasteiger partial charge in [-0.3, -0.25) is 9.59 Å². The van der Waals surface area contributed by atoms with E-state index in [0.29, 0.717) is 26.0 Å². The molecule has 0 aliphatic heterocycles. The number of carbonyl (C=O) groups is 2. The average molecular weight is 468 g/mol. The number of benzene rings is 4. The Morgan fingerprint density at radius 3 is 2.26 bits per heavy atom. The number of hydrogen-bond donors (Lipinski definition) is 1. The van der Waals surface area contributed by atoms with Crippen LogP contribution in [0.25, 0.3) is 10.8 Å². The molecule has 1 amide bonds. The van der Waals surface area contributed by atoms with Gasteiger partial charge in [-0.1, -0.05) is 72.8 Å². The van der Waals surface area contributed by atoms with Gasteiger partial charge in [0.1, 0.15) is 12.4 Å². The Balaban J connectivity index is 1.57. The average Bonchev–Trinajstić information content (AvgIpc) is 2.87. The lowest BCUT2D eigenvalue weighted by molar-refractivity contribution is -0.136. The van der Waals surface area contributed by atoms with Crippen molar-refractivity contribution < 1.29 is 19.4 Å². The number of amides is 1. The summed E-state index contributed by atoms with van der Waals surface area (Å²) in [5.74, 6) is -0.176. The van der Waals surface area contributed by atoms with E-state index in [2.05, 4.69) is 30.3 Å². The maximum Gasteiger partial charge on any atom is 0.303 e. The summed E-state index contributed by atoms with van der Waals surface area (Å²) in [6.45, 7) is 2.40. The van der Waals surface area contributed by atoms with Gasteiger partial charge in [0.15, 0.2) is 0 Å². The van der Waals surface area contributed by atoms with Gasteiger partial charge in [-0.25, -0.2) is 0 Å². The van der Waals surface area contributed by atoms with E-state index in [1.807, 2.05) is 60.7 Å². The van der Waals surface area contributed by atoms with Crippen molar-refractivity contribution in [2.75, 3.05) is 11.4 Å². The molecule has 0 radical (unpaired) electrons. The van der Waals surface area contributed by atoms with Crippen LogP contribution in [0, 0.1) is 0 Å². The van der Waals surface area contributed by atoms with E-state index in [-0.39, 0.29) is 12.3 Å². The molecule has 4 aromatic rings. The van der Waals surface area contributed by atoms with Crippen LogP contribution >= 0.6 is 0 Å². The number of aliphatic carboxylic acids is 1. The van der Waals surface area contributed by atoms with Crippen LogP contribution in [0.3, 0.4) is 0 Å². The topological polar surface area (TPSA) is 66.8 Å². The smallest absolute Gasteiger partial charge is 0.303 e. The van der Waals surface area contributed by atoms with Crippen molar-refractivity contribution in [3.63, 3.8) is 0 Å². The molecule has 0 aliphatic carbocycles. The predicted octanol–water partition coefficient (Wildman–Crippen LogP) is 6.03. The Morgan fingerprint density at radius 1 is 0.800 bits per heavy atom. The minimum Gasteiger partial charge on any atom is -0.489 e. The van der Waals surface area contributed by atoms with Gasteiger partial charge in [0, 0.05) is 25.6 Å². The second-order valence-corrected chi connectivity index (χ2v) is 8.56. The van der Waals surface area contributed by atoms with Crippen LogP contribution in [0.5, 0.6) is 5.75 Å². The summed E-state index contributed by atoms with van der Waals surface area (Å²) in [6, 6.07) is 29.9. The van der Waals surface area contributed by atoms with Crippen molar-refractivity contribution in [1.29, 1.82) is 0 Å². The van der Waals surface area contributed by atoms with Crippen LogP contribution in [-0.2, 0) is 29.0 Å². The fraction of sp³-hybridized carbons (Fsp3) is 0.200. The summed E-state index contributed by atoms with van der Waals surface area (Å²) < 4.78 is 5.90. The van der Waals surface area contributed by atoms with Crippen molar-refractivity contribution in [1.82, 2.24) is 0 Å². The van der Waals surface area contributed by atoms with Crippen LogP contribution in [0.4, 0.5) is 5.69 Å². The highest BCUT2D eigenvalue weighted by Crippen LogP contribution is 2.26. The minimum atomic E-state index is -0.863. The molecule has 0 spiro atoms. The number of carboxylic acid groups (broad SMARTS) is 1. The van der Waals surface area contributed by atoms with Gasteiger partial charge in [-0.05, 0) is 58.5 Å². The molecule has 4 rings (SSSR count). The number of hydrogen-bond acceptors (Lipinski definition) is 3. The molecule has 0 aliphatic rings.